The number of carbonyl (C=O) groups excluding carboxylic acids is 1. The summed E-state index contributed by atoms with van der Waals surface area (Å²) in [5.74, 6) is 1.19. The number of nitrogens with zero attached hydrogens (tertiary/aromatic N) is 4. The van der Waals surface area contributed by atoms with E-state index in [2.05, 4.69) is 20.4 Å². The van der Waals surface area contributed by atoms with Gasteiger partial charge in [0.15, 0.2) is 0 Å². The van der Waals surface area contributed by atoms with Crippen LogP contribution in [0.5, 0.6) is 5.75 Å². The van der Waals surface area contributed by atoms with E-state index in [0.29, 0.717) is 23.7 Å². The minimum atomic E-state index is -0.330. The second kappa shape index (κ2) is 10.6. The maximum Gasteiger partial charge on any atom is 0.332 e. The molecule has 3 rings (SSSR count). The molecule has 0 atom stereocenters. The summed E-state index contributed by atoms with van der Waals surface area (Å²) >= 11 is 0. The summed E-state index contributed by atoms with van der Waals surface area (Å²) in [6.07, 6.45) is 0.897. The molecule has 1 aromatic carbocycles. The molecule has 1 aromatic heterocycles. The molecular formula is C23H34N6O4. The van der Waals surface area contributed by atoms with Gasteiger partial charge in [0, 0.05) is 77.3 Å². The lowest BCUT2D eigenvalue weighted by atomic mass is 10.2. The van der Waals surface area contributed by atoms with E-state index in [1.807, 2.05) is 18.2 Å². The van der Waals surface area contributed by atoms with E-state index in [1.165, 1.54) is 18.5 Å². The number of ether oxygens (including phenoxy) is 1. The first-order valence-electron chi connectivity index (χ1n) is 11.2. The Bertz CT molecular complexity index is 1080. The molecule has 0 unspecified atom stereocenters. The Morgan fingerprint density at radius 1 is 1.06 bits per heavy atom. The highest BCUT2D eigenvalue weighted by Crippen LogP contribution is 2.28. The SMILES string of the molecule is COc1cc(NC(C)=O)cc(N2CCN(CCCNc3c(C)c(=O)n(C)c(=O)n3C)CC2)c1. The Hall–Kier alpha value is -3.27. The number of rotatable bonds is 8. The number of anilines is 3. The first-order chi connectivity index (χ1) is 15.7. The van der Waals surface area contributed by atoms with E-state index < -0.39 is 0 Å². The molecule has 2 N–H and O–H groups in total. The van der Waals surface area contributed by atoms with Crippen molar-refractivity contribution >= 4 is 23.1 Å². The van der Waals surface area contributed by atoms with Crippen LogP contribution in [0.4, 0.5) is 17.2 Å². The third-order valence-electron chi connectivity index (χ3n) is 6.02. The largest absolute Gasteiger partial charge is 0.497 e. The number of carbonyl (C=O) groups is 1. The average molecular weight is 459 g/mol. The van der Waals surface area contributed by atoms with Crippen LogP contribution in [-0.2, 0) is 18.9 Å². The van der Waals surface area contributed by atoms with Crippen LogP contribution in [0.2, 0.25) is 0 Å². The number of nitrogens with one attached hydrogen (secondary N) is 2. The summed E-state index contributed by atoms with van der Waals surface area (Å²) in [6.45, 7) is 8.44. The summed E-state index contributed by atoms with van der Waals surface area (Å²) in [6, 6.07) is 5.77. The molecule has 0 saturated carbocycles. The first kappa shape index (κ1) is 24.4. The highest BCUT2D eigenvalue weighted by Gasteiger charge is 2.18. The smallest absolute Gasteiger partial charge is 0.332 e. The first-order valence-corrected chi connectivity index (χ1v) is 11.2. The van der Waals surface area contributed by atoms with Crippen molar-refractivity contribution in [1.82, 2.24) is 14.0 Å². The molecule has 1 saturated heterocycles. The number of hydrogen-bond donors (Lipinski definition) is 2. The molecule has 1 amide bonds. The van der Waals surface area contributed by atoms with E-state index in [0.717, 1.165) is 55.1 Å². The van der Waals surface area contributed by atoms with Gasteiger partial charge in [-0.05, 0) is 26.0 Å². The zero-order valence-corrected chi connectivity index (χ0v) is 20.1. The van der Waals surface area contributed by atoms with Crippen molar-refractivity contribution in [1.29, 1.82) is 0 Å². The quantitative estimate of drug-likeness (QED) is 0.569. The standard InChI is InChI=1S/C23H34N6O4/c1-16-21(26(3)23(32)27(4)22(16)31)24-7-6-8-28-9-11-29(12-10-28)19-13-18(25-17(2)30)14-20(15-19)33-5/h13-15,24H,6-12H2,1-5H3,(H,25,30). The fourth-order valence-corrected chi connectivity index (χ4v) is 4.16. The maximum absolute atomic E-state index is 12.2. The van der Waals surface area contributed by atoms with Crippen molar-refractivity contribution < 1.29 is 9.53 Å². The summed E-state index contributed by atoms with van der Waals surface area (Å²) in [5.41, 5.74) is 1.71. The van der Waals surface area contributed by atoms with E-state index in [9.17, 15) is 14.4 Å². The molecule has 0 aliphatic carbocycles. The van der Waals surface area contributed by atoms with Crippen molar-refractivity contribution in [3.05, 3.63) is 44.6 Å². The topological polar surface area (TPSA) is 101 Å². The highest BCUT2D eigenvalue weighted by molar-refractivity contribution is 5.89. The lowest BCUT2D eigenvalue weighted by Crippen LogP contribution is -2.47. The Labute approximate surface area is 193 Å². The van der Waals surface area contributed by atoms with Gasteiger partial charge < -0.3 is 20.3 Å². The van der Waals surface area contributed by atoms with Crippen LogP contribution in [0.3, 0.4) is 0 Å². The van der Waals surface area contributed by atoms with Crippen molar-refractivity contribution in [3.8, 4) is 5.75 Å². The molecule has 1 aliphatic rings. The van der Waals surface area contributed by atoms with E-state index >= 15 is 0 Å². The molecule has 10 nitrogen and oxygen atoms in total. The van der Waals surface area contributed by atoms with Crippen LogP contribution in [0, 0.1) is 6.92 Å². The van der Waals surface area contributed by atoms with Crippen molar-refractivity contribution in [2.75, 3.05) is 61.9 Å². The summed E-state index contributed by atoms with van der Waals surface area (Å²) < 4.78 is 8.00. The van der Waals surface area contributed by atoms with Crippen molar-refractivity contribution in [2.45, 2.75) is 20.3 Å². The molecule has 2 aromatic rings. The average Bonchev–Trinajstić information content (AvgIpc) is 2.80. The normalized spacial score (nSPS) is 14.3. The van der Waals surface area contributed by atoms with E-state index in [4.69, 9.17) is 4.74 Å². The number of benzene rings is 1. The van der Waals surface area contributed by atoms with Crippen LogP contribution in [-0.4, -0.2) is 66.3 Å². The zero-order valence-electron chi connectivity index (χ0n) is 20.1. The summed E-state index contributed by atoms with van der Waals surface area (Å²) in [4.78, 5) is 40.5. The third-order valence-corrected chi connectivity index (χ3v) is 6.02. The molecule has 2 heterocycles. The predicted molar refractivity (Wildman–Crippen MR) is 131 cm³/mol. The molecule has 33 heavy (non-hydrogen) atoms. The number of piperazine rings is 1. The van der Waals surface area contributed by atoms with Gasteiger partial charge in [-0.25, -0.2) is 4.79 Å². The van der Waals surface area contributed by atoms with Gasteiger partial charge in [-0.3, -0.25) is 23.6 Å². The summed E-state index contributed by atoms with van der Waals surface area (Å²) in [7, 11) is 4.79. The number of hydrogen-bond acceptors (Lipinski definition) is 7. The van der Waals surface area contributed by atoms with Gasteiger partial charge in [0.2, 0.25) is 5.91 Å². The molecule has 0 spiro atoms. The fourth-order valence-electron chi connectivity index (χ4n) is 4.16. The molecule has 0 bridgehead atoms. The van der Waals surface area contributed by atoms with Gasteiger partial charge in [0.05, 0.1) is 12.7 Å². The minimum Gasteiger partial charge on any atom is -0.497 e. The lowest BCUT2D eigenvalue weighted by Gasteiger charge is -2.36. The zero-order chi connectivity index (χ0) is 24.1. The van der Waals surface area contributed by atoms with Crippen LogP contribution >= 0.6 is 0 Å². The number of amides is 1. The van der Waals surface area contributed by atoms with E-state index in [-0.39, 0.29) is 17.2 Å². The fraction of sp³-hybridized carbons (Fsp3) is 0.522. The Morgan fingerprint density at radius 2 is 1.76 bits per heavy atom. The van der Waals surface area contributed by atoms with Crippen LogP contribution in [0.15, 0.2) is 27.8 Å². The highest BCUT2D eigenvalue weighted by atomic mass is 16.5. The second-order valence-corrected chi connectivity index (χ2v) is 8.39. The summed E-state index contributed by atoms with van der Waals surface area (Å²) in [5, 5.41) is 6.09. The molecule has 10 heteroatoms. The van der Waals surface area contributed by atoms with Gasteiger partial charge in [-0.2, -0.15) is 0 Å². The number of aromatic nitrogens is 2. The second-order valence-electron chi connectivity index (χ2n) is 8.39. The van der Waals surface area contributed by atoms with Gasteiger partial charge in [-0.15, -0.1) is 0 Å². The van der Waals surface area contributed by atoms with Crippen molar-refractivity contribution in [3.63, 3.8) is 0 Å². The van der Waals surface area contributed by atoms with E-state index in [1.54, 1.807) is 21.1 Å². The Balaban J connectivity index is 1.52. The molecular weight excluding hydrogens is 424 g/mol. The third kappa shape index (κ3) is 5.75. The molecule has 180 valence electrons. The monoisotopic (exact) mass is 458 g/mol. The number of methoxy groups -OCH3 is 1. The molecule has 1 aliphatic heterocycles. The molecule has 1 fully saturated rings. The minimum absolute atomic E-state index is 0.112. The maximum atomic E-state index is 12.2. The van der Waals surface area contributed by atoms with Crippen LogP contribution < -0.4 is 31.5 Å². The van der Waals surface area contributed by atoms with Crippen LogP contribution in [0.1, 0.15) is 18.9 Å². The van der Waals surface area contributed by atoms with Crippen LogP contribution in [0.25, 0.3) is 0 Å². The van der Waals surface area contributed by atoms with Gasteiger partial charge in [-0.1, -0.05) is 0 Å². The van der Waals surface area contributed by atoms with Crippen molar-refractivity contribution in [2.24, 2.45) is 14.1 Å². The van der Waals surface area contributed by atoms with Gasteiger partial charge in [0.1, 0.15) is 11.6 Å². The van der Waals surface area contributed by atoms with Gasteiger partial charge >= 0.3 is 5.69 Å². The molecule has 0 radical (unpaired) electrons. The predicted octanol–water partition coefficient (Wildman–Crippen LogP) is 0.984. The van der Waals surface area contributed by atoms with Gasteiger partial charge in [0.25, 0.3) is 5.56 Å². The Kier molecular flexibility index (Phi) is 7.80. The Morgan fingerprint density at radius 3 is 2.39 bits per heavy atom. The lowest BCUT2D eigenvalue weighted by molar-refractivity contribution is -0.114.